The van der Waals surface area contributed by atoms with Crippen LogP contribution in [0.4, 0.5) is 0 Å². The number of hydrogen-bond acceptors (Lipinski definition) is 2. The van der Waals surface area contributed by atoms with Crippen LogP contribution < -0.4 is 5.73 Å². The van der Waals surface area contributed by atoms with Crippen molar-refractivity contribution >= 4 is 5.78 Å². The summed E-state index contributed by atoms with van der Waals surface area (Å²) in [4.78, 5) is 12.2. The molecule has 2 atom stereocenters. The van der Waals surface area contributed by atoms with Gasteiger partial charge >= 0.3 is 0 Å². The lowest BCUT2D eigenvalue weighted by molar-refractivity contribution is -0.127. The van der Waals surface area contributed by atoms with Crippen molar-refractivity contribution < 1.29 is 4.79 Å². The SMILES string of the molecule is CCC(CC)C(=O)C(C)C(N)c1ccccc1. The van der Waals surface area contributed by atoms with Gasteiger partial charge in [0.15, 0.2) is 0 Å². The van der Waals surface area contributed by atoms with E-state index in [2.05, 4.69) is 13.8 Å². The minimum atomic E-state index is -0.190. The highest BCUT2D eigenvalue weighted by Crippen LogP contribution is 2.24. The molecule has 2 N–H and O–H groups in total. The molecule has 2 heteroatoms. The Morgan fingerprint density at radius 2 is 1.71 bits per heavy atom. The molecule has 2 unspecified atom stereocenters. The van der Waals surface area contributed by atoms with Crippen LogP contribution in [-0.4, -0.2) is 5.78 Å². The van der Waals surface area contributed by atoms with Crippen LogP contribution in [0.25, 0.3) is 0 Å². The third-order valence-electron chi connectivity index (χ3n) is 3.56. The Labute approximate surface area is 104 Å². The zero-order valence-electron chi connectivity index (χ0n) is 11.0. The van der Waals surface area contributed by atoms with Gasteiger partial charge in [-0.05, 0) is 18.4 Å². The van der Waals surface area contributed by atoms with Gasteiger partial charge in [0.05, 0.1) is 0 Å². The van der Waals surface area contributed by atoms with E-state index in [-0.39, 0.29) is 17.9 Å². The molecule has 1 rings (SSSR count). The van der Waals surface area contributed by atoms with Crippen molar-refractivity contribution in [2.75, 3.05) is 0 Å². The van der Waals surface area contributed by atoms with Crippen molar-refractivity contribution in [2.45, 2.75) is 39.7 Å². The summed E-state index contributed by atoms with van der Waals surface area (Å²) in [5.41, 5.74) is 7.21. The van der Waals surface area contributed by atoms with Gasteiger partial charge in [-0.3, -0.25) is 4.79 Å². The molecule has 17 heavy (non-hydrogen) atoms. The molecule has 0 bridgehead atoms. The molecular formula is C15H23NO. The third kappa shape index (κ3) is 3.40. The molecular weight excluding hydrogens is 210 g/mol. The van der Waals surface area contributed by atoms with E-state index in [0.29, 0.717) is 5.78 Å². The van der Waals surface area contributed by atoms with Gasteiger partial charge in [0.2, 0.25) is 0 Å². The van der Waals surface area contributed by atoms with Crippen LogP contribution in [0, 0.1) is 11.8 Å². The summed E-state index contributed by atoms with van der Waals surface area (Å²) in [6, 6.07) is 9.67. The number of rotatable bonds is 6. The molecule has 1 aromatic rings. The maximum Gasteiger partial charge on any atom is 0.140 e. The Hall–Kier alpha value is -1.15. The first-order valence-electron chi connectivity index (χ1n) is 6.46. The summed E-state index contributed by atoms with van der Waals surface area (Å²) in [6.45, 7) is 6.07. The molecule has 94 valence electrons. The molecule has 1 aromatic carbocycles. The molecule has 0 saturated carbocycles. The van der Waals surface area contributed by atoms with Gasteiger partial charge in [-0.15, -0.1) is 0 Å². The van der Waals surface area contributed by atoms with Gasteiger partial charge in [0, 0.05) is 17.9 Å². The Balaban J connectivity index is 2.76. The Bertz CT molecular complexity index is 343. The van der Waals surface area contributed by atoms with Gasteiger partial charge in [-0.2, -0.15) is 0 Å². The molecule has 0 radical (unpaired) electrons. The van der Waals surface area contributed by atoms with E-state index in [1.165, 1.54) is 0 Å². The predicted octanol–water partition coefficient (Wildman–Crippen LogP) is 3.33. The molecule has 0 aliphatic heterocycles. The van der Waals surface area contributed by atoms with Crippen LogP contribution in [0.5, 0.6) is 0 Å². The fourth-order valence-electron chi connectivity index (χ4n) is 2.20. The van der Waals surface area contributed by atoms with E-state index in [9.17, 15) is 4.79 Å². The fraction of sp³-hybridized carbons (Fsp3) is 0.533. The van der Waals surface area contributed by atoms with Crippen molar-refractivity contribution in [3.63, 3.8) is 0 Å². The molecule has 0 spiro atoms. The Morgan fingerprint density at radius 3 is 2.18 bits per heavy atom. The molecule has 0 heterocycles. The first kappa shape index (κ1) is 13.9. The standard InChI is InChI=1S/C15H23NO/c1-4-12(5-2)15(17)11(3)14(16)13-9-7-6-8-10-13/h6-12,14H,4-5,16H2,1-3H3. The van der Waals surface area contributed by atoms with E-state index in [0.717, 1.165) is 18.4 Å². The Morgan fingerprint density at radius 1 is 1.18 bits per heavy atom. The minimum Gasteiger partial charge on any atom is -0.323 e. The van der Waals surface area contributed by atoms with Gasteiger partial charge in [0.1, 0.15) is 5.78 Å². The zero-order chi connectivity index (χ0) is 12.8. The van der Waals surface area contributed by atoms with Crippen molar-refractivity contribution in [1.29, 1.82) is 0 Å². The van der Waals surface area contributed by atoms with E-state index in [1.54, 1.807) is 0 Å². The molecule has 0 saturated heterocycles. The molecule has 0 amide bonds. The van der Waals surface area contributed by atoms with Crippen molar-refractivity contribution in [1.82, 2.24) is 0 Å². The number of ketones is 1. The second-order valence-corrected chi connectivity index (χ2v) is 4.64. The van der Waals surface area contributed by atoms with E-state index in [4.69, 9.17) is 5.73 Å². The highest BCUT2D eigenvalue weighted by atomic mass is 16.1. The highest BCUT2D eigenvalue weighted by molar-refractivity contribution is 5.83. The van der Waals surface area contributed by atoms with Crippen LogP contribution in [0.3, 0.4) is 0 Å². The van der Waals surface area contributed by atoms with E-state index in [1.807, 2.05) is 37.3 Å². The van der Waals surface area contributed by atoms with Crippen LogP contribution >= 0.6 is 0 Å². The summed E-state index contributed by atoms with van der Waals surface area (Å²) in [6.07, 6.45) is 1.81. The first-order chi connectivity index (χ1) is 8.11. The average Bonchev–Trinajstić information content (AvgIpc) is 2.39. The summed E-state index contributed by atoms with van der Waals surface area (Å²) < 4.78 is 0. The predicted molar refractivity (Wildman–Crippen MR) is 71.6 cm³/mol. The molecule has 0 aliphatic carbocycles. The molecule has 0 aliphatic rings. The first-order valence-corrected chi connectivity index (χ1v) is 6.46. The highest BCUT2D eigenvalue weighted by Gasteiger charge is 2.26. The van der Waals surface area contributed by atoms with Crippen LogP contribution in [0.1, 0.15) is 45.2 Å². The van der Waals surface area contributed by atoms with Crippen molar-refractivity contribution in [3.05, 3.63) is 35.9 Å². The lowest BCUT2D eigenvalue weighted by Crippen LogP contribution is -2.30. The quantitative estimate of drug-likeness (QED) is 0.819. The number of carbonyl (C=O) groups excluding carboxylic acids is 1. The normalized spacial score (nSPS) is 14.6. The number of benzene rings is 1. The zero-order valence-corrected chi connectivity index (χ0v) is 11.0. The van der Waals surface area contributed by atoms with Gasteiger partial charge in [-0.25, -0.2) is 0 Å². The minimum absolute atomic E-state index is 0.109. The van der Waals surface area contributed by atoms with Gasteiger partial charge < -0.3 is 5.73 Å². The Kier molecular flexibility index (Phi) is 5.36. The lowest BCUT2D eigenvalue weighted by Gasteiger charge is -2.23. The summed E-state index contributed by atoms with van der Waals surface area (Å²) >= 11 is 0. The lowest BCUT2D eigenvalue weighted by atomic mass is 9.84. The maximum absolute atomic E-state index is 12.2. The van der Waals surface area contributed by atoms with Crippen LogP contribution in [0.2, 0.25) is 0 Å². The molecule has 0 fully saturated rings. The van der Waals surface area contributed by atoms with E-state index < -0.39 is 0 Å². The van der Waals surface area contributed by atoms with Crippen molar-refractivity contribution in [3.8, 4) is 0 Å². The summed E-state index contributed by atoms with van der Waals surface area (Å²) in [7, 11) is 0. The third-order valence-corrected chi connectivity index (χ3v) is 3.56. The summed E-state index contributed by atoms with van der Waals surface area (Å²) in [5, 5.41) is 0. The fourth-order valence-corrected chi connectivity index (χ4v) is 2.20. The smallest absolute Gasteiger partial charge is 0.140 e. The number of hydrogen-bond donors (Lipinski definition) is 1. The number of nitrogens with two attached hydrogens (primary N) is 1. The van der Waals surface area contributed by atoms with E-state index >= 15 is 0 Å². The van der Waals surface area contributed by atoms with Gasteiger partial charge in [0.25, 0.3) is 0 Å². The summed E-state index contributed by atoms with van der Waals surface area (Å²) in [5.74, 6) is 0.341. The average molecular weight is 233 g/mol. The second kappa shape index (κ2) is 6.55. The van der Waals surface area contributed by atoms with Crippen LogP contribution in [0.15, 0.2) is 30.3 Å². The van der Waals surface area contributed by atoms with Crippen LogP contribution in [-0.2, 0) is 4.79 Å². The largest absolute Gasteiger partial charge is 0.323 e. The molecule has 2 nitrogen and oxygen atoms in total. The second-order valence-electron chi connectivity index (χ2n) is 4.64. The number of Topliss-reactive ketones (excluding diaryl/α,β-unsaturated/α-hetero) is 1. The molecule has 0 aromatic heterocycles. The van der Waals surface area contributed by atoms with Crippen molar-refractivity contribution in [2.24, 2.45) is 17.6 Å². The topological polar surface area (TPSA) is 43.1 Å². The number of carbonyl (C=O) groups is 1. The van der Waals surface area contributed by atoms with Gasteiger partial charge in [-0.1, -0.05) is 51.1 Å². The maximum atomic E-state index is 12.2. The monoisotopic (exact) mass is 233 g/mol.